The summed E-state index contributed by atoms with van der Waals surface area (Å²) in [5, 5.41) is 23.0. The minimum Gasteiger partial charge on any atom is -0.445 e. The summed E-state index contributed by atoms with van der Waals surface area (Å²) in [6.07, 6.45) is -2.58. The Hall–Kier alpha value is -2.70. The average molecular weight is 371 g/mol. The first-order chi connectivity index (χ1) is 12.9. The predicted molar refractivity (Wildman–Crippen MR) is 101 cm³/mol. The van der Waals surface area contributed by atoms with Crippen LogP contribution in [0.2, 0.25) is 0 Å². The van der Waals surface area contributed by atoms with Crippen LogP contribution in [-0.2, 0) is 11.3 Å². The number of aliphatic hydroxyl groups is 2. The monoisotopic (exact) mass is 371 g/mol. The van der Waals surface area contributed by atoms with Gasteiger partial charge in [0.05, 0.1) is 6.10 Å². The van der Waals surface area contributed by atoms with Crippen molar-refractivity contribution in [3.63, 3.8) is 0 Å². The summed E-state index contributed by atoms with van der Waals surface area (Å²) in [5.41, 5.74) is 2.74. The zero-order valence-electron chi connectivity index (χ0n) is 15.5. The van der Waals surface area contributed by atoms with E-state index < -0.39 is 18.3 Å². The molecular formula is C21H25NO5. The summed E-state index contributed by atoms with van der Waals surface area (Å²) in [6.45, 7) is 3.59. The van der Waals surface area contributed by atoms with Crippen molar-refractivity contribution in [2.24, 2.45) is 0 Å². The zero-order valence-corrected chi connectivity index (χ0v) is 15.5. The molecule has 144 valence electrons. The number of benzene rings is 2. The highest BCUT2D eigenvalue weighted by molar-refractivity contribution is 5.95. The van der Waals surface area contributed by atoms with Crippen molar-refractivity contribution in [3.8, 4) is 0 Å². The number of amides is 1. The molecule has 27 heavy (non-hydrogen) atoms. The minimum atomic E-state index is -1.10. The third kappa shape index (κ3) is 6.20. The number of nitrogens with one attached hydrogen (secondary N) is 1. The lowest BCUT2D eigenvalue weighted by molar-refractivity contribution is 0.0136. The molecular weight excluding hydrogens is 346 g/mol. The number of hydrogen-bond donors (Lipinski definition) is 3. The van der Waals surface area contributed by atoms with E-state index in [0.29, 0.717) is 11.1 Å². The van der Waals surface area contributed by atoms with Crippen LogP contribution >= 0.6 is 0 Å². The second-order valence-electron chi connectivity index (χ2n) is 6.42. The summed E-state index contributed by atoms with van der Waals surface area (Å²) in [4.78, 5) is 23.1. The van der Waals surface area contributed by atoms with E-state index in [1.807, 2.05) is 30.3 Å². The van der Waals surface area contributed by atoms with E-state index in [4.69, 9.17) is 4.74 Å². The molecule has 2 aromatic carbocycles. The molecule has 2 unspecified atom stereocenters. The smallest absolute Gasteiger partial charge is 0.407 e. The normalized spacial score (nSPS) is 12.9. The van der Waals surface area contributed by atoms with E-state index in [2.05, 4.69) is 5.32 Å². The molecule has 0 aromatic heterocycles. The number of carbonyl (C=O) groups excluding carboxylic acids is 2. The molecule has 3 N–H and O–H groups in total. The highest BCUT2D eigenvalue weighted by Gasteiger charge is 2.19. The molecule has 0 fully saturated rings. The number of Topliss-reactive ketones (excluding diaryl/α,β-unsaturated/α-hetero) is 1. The van der Waals surface area contributed by atoms with Crippen LogP contribution in [0.25, 0.3) is 0 Å². The third-order valence-corrected chi connectivity index (χ3v) is 4.26. The molecule has 6 heteroatoms. The molecule has 0 aliphatic heterocycles. The topological polar surface area (TPSA) is 95.9 Å². The van der Waals surface area contributed by atoms with Crippen molar-refractivity contribution in [2.75, 3.05) is 6.54 Å². The van der Waals surface area contributed by atoms with Gasteiger partial charge in [-0.3, -0.25) is 4.79 Å². The second-order valence-corrected chi connectivity index (χ2v) is 6.42. The molecule has 0 aliphatic carbocycles. The standard InChI is InChI=1S/C21H25NO5/c1-14-12-17(8-9-18(14)15(2)23)20(25)19(24)10-11-22-21(26)27-13-16-6-4-3-5-7-16/h3-9,12,19-20,24-25H,10-11,13H2,1-2H3,(H,22,26). The van der Waals surface area contributed by atoms with Gasteiger partial charge in [0.1, 0.15) is 12.7 Å². The van der Waals surface area contributed by atoms with Crippen molar-refractivity contribution < 1.29 is 24.5 Å². The van der Waals surface area contributed by atoms with E-state index in [1.165, 1.54) is 6.92 Å². The molecule has 0 aliphatic rings. The van der Waals surface area contributed by atoms with Crippen LogP contribution in [0.5, 0.6) is 0 Å². The van der Waals surface area contributed by atoms with Crippen LogP contribution in [0.3, 0.4) is 0 Å². The molecule has 1 amide bonds. The van der Waals surface area contributed by atoms with Crippen LogP contribution in [0.1, 0.15) is 46.5 Å². The van der Waals surface area contributed by atoms with Gasteiger partial charge in [0, 0.05) is 12.1 Å². The first kappa shape index (κ1) is 20.6. The van der Waals surface area contributed by atoms with E-state index in [1.54, 1.807) is 25.1 Å². The first-order valence-electron chi connectivity index (χ1n) is 8.80. The Morgan fingerprint density at radius 3 is 2.44 bits per heavy atom. The largest absolute Gasteiger partial charge is 0.445 e. The molecule has 0 saturated heterocycles. The number of hydrogen-bond acceptors (Lipinski definition) is 5. The van der Waals surface area contributed by atoms with E-state index >= 15 is 0 Å². The lowest BCUT2D eigenvalue weighted by atomic mass is 9.96. The van der Waals surface area contributed by atoms with Crippen molar-refractivity contribution in [1.29, 1.82) is 0 Å². The molecule has 0 radical (unpaired) electrons. The van der Waals surface area contributed by atoms with Gasteiger partial charge in [-0.1, -0.05) is 48.5 Å². The number of aryl methyl sites for hydroxylation is 1. The van der Waals surface area contributed by atoms with Gasteiger partial charge in [0.25, 0.3) is 0 Å². The Morgan fingerprint density at radius 2 is 1.81 bits per heavy atom. The highest BCUT2D eigenvalue weighted by atomic mass is 16.5. The number of alkyl carbamates (subject to hydrolysis) is 1. The van der Waals surface area contributed by atoms with Gasteiger partial charge in [0.15, 0.2) is 5.78 Å². The number of aliphatic hydroxyl groups excluding tert-OH is 2. The van der Waals surface area contributed by atoms with Crippen LogP contribution in [-0.4, -0.2) is 34.7 Å². The van der Waals surface area contributed by atoms with E-state index in [0.717, 1.165) is 11.1 Å². The van der Waals surface area contributed by atoms with Crippen LogP contribution < -0.4 is 5.32 Å². The maximum absolute atomic E-state index is 11.7. The Morgan fingerprint density at radius 1 is 1.11 bits per heavy atom. The van der Waals surface area contributed by atoms with Crippen LogP contribution in [0, 0.1) is 6.92 Å². The number of ketones is 1. The van der Waals surface area contributed by atoms with Gasteiger partial charge in [-0.05, 0) is 37.0 Å². The number of ether oxygens (including phenoxy) is 1. The van der Waals surface area contributed by atoms with Gasteiger partial charge in [-0.2, -0.15) is 0 Å². The maximum atomic E-state index is 11.7. The first-order valence-corrected chi connectivity index (χ1v) is 8.80. The van der Waals surface area contributed by atoms with Gasteiger partial charge in [0.2, 0.25) is 0 Å². The zero-order chi connectivity index (χ0) is 19.8. The van der Waals surface area contributed by atoms with E-state index in [9.17, 15) is 19.8 Å². The fourth-order valence-electron chi connectivity index (χ4n) is 2.74. The lowest BCUT2D eigenvalue weighted by Crippen LogP contribution is -2.29. The molecule has 0 bridgehead atoms. The average Bonchev–Trinajstić information content (AvgIpc) is 2.66. The van der Waals surface area contributed by atoms with Gasteiger partial charge in [-0.15, -0.1) is 0 Å². The number of rotatable bonds is 8. The molecule has 2 rings (SSSR count). The highest BCUT2D eigenvalue weighted by Crippen LogP contribution is 2.22. The molecule has 0 spiro atoms. The predicted octanol–water partition coefficient (Wildman–Crippen LogP) is 2.91. The molecule has 2 aromatic rings. The Balaban J connectivity index is 1.77. The van der Waals surface area contributed by atoms with E-state index in [-0.39, 0.29) is 25.4 Å². The summed E-state index contributed by atoms with van der Waals surface area (Å²) in [6, 6.07) is 14.3. The fraction of sp³-hybridized carbons (Fsp3) is 0.333. The molecule has 0 heterocycles. The Kier molecular flexibility index (Phi) is 7.52. The molecule has 0 saturated carbocycles. The van der Waals surface area contributed by atoms with Crippen molar-refractivity contribution in [2.45, 2.75) is 39.1 Å². The Labute approximate surface area is 158 Å². The second kappa shape index (κ2) is 9.85. The van der Waals surface area contributed by atoms with Gasteiger partial charge < -0.3 is 20.3 Å². The SMILES string of the molecule is CC(=O)c1ccc(C(O)C(O)CCNC(=O)OCc2ccccc2)cc1C. The fourth-order valence-corrected chi connectivity index (χ4v) is 2.74. The molecule has 2 atom stereocenters. The summed E-state index contributed by atoms with van der Waals surface area (Å²) in [5.74, 6) is -0.0488. The summed E-state index contributed by atoms with van der Waals surface area (Å²) in [7, 11) is 0. The summed E-state index contributed by atoms with van der Waals surface area (Å²) < 4.78 is 5.08. The van der Waals surface area contributed by atoms with Crippen LogP contribution in [0.4, 0.5) is 4.79 Å². The Bertz CT molecular complexity index is 775. The maximum Gasteiger partial charge on any atom is 0.407 e. The van der Waals surface area contributed by atoms with Gasteiger partial charge in [-0.25, -0.2) is 4.79 Å². The lowest BCUT2D eigenvalue weighted by Gasteiger charge is -2.19. The van der Waals surface area contributed by atoms with Crippen molar-refractivity contribution in [1.82, 2.24) is 5.32 Å². The third-order valence-electron chi connectivity index (χ3n) is 4.26. The van der Waals surface area contributed by atoms with Crippen LogP contribution in [0.15, 0.2) is 48.5 Å². The number of carbonyl (C=O) groups is 2. The minimum absolute atomic E-state index is 0.0488. The van der Waals surface area contributed by atoms with Crippen molar-refractivity contribution >= 4 is 11.9 Å². The molecule has 6 nitrogen and oxygen atoms in total. The van der Waals surface area contributed by atoms with Gasteiger partial charge >= 0.3 is 6.09 Å². The summed E-state index contributed by atoms with van der Waals surface area (Å²) >= 11 is 0. The quantitative estimate of drug-likeness (QED) is 0.620. The van der Waals surface area contributed by atoms with Crippen molar-refractivity contribution in [3.05, 3.63) is 70.8 Å².